The smallest absolute Gasteiger partial charge is 0.297 e. The molecule has 0 N–H and O–H groups in total. The maximum Gasteiger partial charge on any atom is 0.297 e. The molecule has 4 bridgehead atoms. The first-order valence-corrected chi connectivity index (χ1v) is 32.2. The van der Waals surface area contributed by atoms with Crippen molar-refractivity contribution >= 4 is 68.4 Å². The molecule has 0 radical (unpaired) electrons. The van der Waals surface area contributed by atoms with Gasteiger partial charge < -0.3 is 14.2 Å². The lowest BCUT2D eigenvalue weighted by molar-refractivity contribution is -0.00514. The Hall–Kier alpha value is -4.70. The van der Waals surface area contributed by atoms with Crippen molar-refractivity contribution in [2.75, 3.05) is 9.80 Å². The highest BCUT2D eigenvalue weighted by atomic mass is 16.3. The van der Waals surface area contributed by atoms with Crippen molar-refractivity contribution in [3.63, 3.8) is 0 Å². The third kappa shape index (κ3) is 7.10. The zero-order chi connectivity index (χ0) is 56.3. The first kappa shape index (κ1) is 52.1. The van der Waals surface area contributed by atoms with Gasteiger partial charge in [0.1, 0.15) is 5.58 Å². The molecular formula is C76H95BN2O. The van der Waals surface area contributed by atoms with Crippen molar-refractivity contribution in [3.8, 4) is 0 Å². The van der Waals surface area contributed by atoms with Gasteiger partial charge in [-0.1, -0.05) is 129 Å². The summed E-state index contributed by atoms with van der Waals surface area (Å²) >= 11 is 0. The van der Waals surface area contributed by atoms with E-state index in [0.29, 0.717) is 0 Å². The van der Waals surface area contributed by atoms with Gasteiger partial charge in [-0.05, 0) is 285 Å². The summed E-state index contributed by atoms with van der Waals surface area (Å²) in [7, 11) is 0. The van der Waals surface area contributed by atoms with Gasteiger partial charge >= 0.3 is 0 Å². The molecule has 8 aliphatic carbocycles. The molecule has 16 rings (SSSR count). The topological polar surface area (TPSA) is 19.6 Å². The third-order valence-electron chi connectivity index (χ3n) is 25.1. The molecular weight excluding hydrogens is 968 g/mol. The Morgan fingerprint density at radius 3 is 1.18 bits per heavy atom. The lowest BCUT2D eigenvalue weighted by atomic mass is 9.35. The summed E-state index contributed by atoms with van der Waals surface area (Å²) in [5, 5.41) is 1.28. The van der Waals surface area contributed by atoms with E-state index in [1.807, 2.05) is 0 Å². The molecule has 418 valence electrons. The van der Waals surface area contributed by atoms with Gasteiger partial charge in [-0.2, -0.15) is 0 Å². The molecule has 0 atom stereocenters. The summed E-state index contributed by atoms with van der Waals surface area (Å²) in [6.45, 7) is 45.1. The molecule has 4 fully saturated rings. The van der Waals surface area contributed by atoms with Crippen LogP contribution in [0.5, 0.6) is 0 Å². The zero-order valence-corrected chi connectivity index (χ0v) is 52.8. The Bertz CT molecular complexity index is 3680. The molecule has 3 heterocycles. The van der Waals surface area contributed by atoms with Crippen LogP contribution >= 0.6 is 0 Å². The van der Waals surface area contributed by atoms with Gasteiger partial charge in [-0.25, -0.2) is 0 Å². The van der Waals surface area contributed by atoms with Gasteiger partial charge in [0.05, 0.1) is 11.3 Å². The van der Waals surface area contributed by atoms with E-state index in [2.05, 4.69) is 195 Å². The molecule has 80 heavy (non-hydrogen) atoms. The number of furan rings is 1. The molecule has 0 unspecified atom stereocenters. The quantitative estimate of drug-likeness (QED) is 0.164. The maximum atomic E-state index is 8.00. The van der Waals surface area contributed by atoms with Crippen LogP contribution in [0.15, 0.2) is 65.1 Å². The lowest BCUT2D eigenvalue weighted by Gasteiger charge is -2.57. The molecule has 0 saturated heterocycles. The molecule has 3 nitrogen and oxygen atoms in total. The first-order chi connectivity index (χ1) is 37.3. The van der Waals surface area contributed by atoms with Crippen LogP contribution in [0, 0.1) is 31.6 Å². The molecule has 5 aromatic carbocycles. The molecule has 0 spiro atoms. The van der Waals surface area contributed by atoms with Gasteiger partial charge in [0.2, 0.25) is 0 Å². The number of rotatable bonds is 3. The van der Waals surface area contributed by atoms with Crippen LogP contribution in [-0.2, 0) is 48.7 Å². The fourth-order valence-electron chi connectivity index (χ4n) is 19.8. The molecule has 2 aliphatic heterocycles. The summed E-state index contributed by atoms with van der Waals surface area (Å²) in [5.41, 5.74) is 30.3. The van der Waals surface area contributed by atoms with E-state index in [4.69, 9.17) is 4.42 Å². The van der Waals surface area contributed by atoms with Crippen molar-refractivity contribution in [2.45, 2.75) is 263 Å². The van der Waals surface area contributed by atoms with Crippen LogP contribution in [0.2, 0.25) is 0 Å². The maximum absolute atomic E-state index is 8.00. The minimum atomic E-state index is -0.0962. The summed E-state index contributed by atoms with van der Waals surface area (Å²) in [6.07, 6.45) is 17.8. The van der Waals surface area contributed by atoms with Crippen LogP contribution < -0.4 is 26.4 Å². The Kier molecular flexibility index (Phi) is 10.4. The van der Waals surface area contributed by atoms with Crippen LogP contribution in [0.25, 0.3) is 11.0 Å². The van der Waals surface area contributed by atoms with Gasteiger partial charge in [0, 0.05) is 33.8 Å². The highest BCUT2D eigenvalue weighted by molar-refractivity contribution is 7.00. The van der Waals surface area contributed by atoms with Crippen molar-refractivity contribution < 1.29 is 4.42 Å². The van der Waals surface area contributed by atoms with E-state index >= 15 is 0 Å². The van der Waals surface area contributed by atoms with Crippen molar-refractivity contribution in [2.24, 2.45) is 17.8 Å². The largest absolute Gasteiger partial charge is 0.468 e. The second-order valence-corrected chi connectivity index (χ2v) is 34.3. The second kappa shape index (κ2) is 15.9. The number of fused-ring (bicyclic) bond motifs is 10. The van der Waals surface area contributed by atoms with Crippen LogP contribution in [0.4, 0.5) is 34.1 Å². The van der Waals surface area contributed by atoms with Gasteiger partial charge in [0.15, 0.2) is 0 Å². The molecule has 10 aliphatic rings. The number of hydrogen-bond acceptors (Lipinski definition) is 3. The molecule has 1 aromatic heterocycles. The minimum Gasteiger partial charge on any atom is -0.468 e. The summed E-state index contributed by atoms with van der Waals surface area (Å²) in [6, 6.07) is 27.1. The molecule has 4 saturated carbocycles. The van der Waals surface area contributed by atoms with Crippen LogP contribution in [0.1, 0.15) is 262 Å². The van der Waals surface area contributed by atoms with E-state index < -0.39 is 0 Å². The number of anilines is 6. The SMILES string of the molecule is Cc1cc2c(cc1N1c3cc4c(cc3B3c5oc6cc7c(cc6c5N(c5cc6c(cc5C)C(C)(C)CCC6(C)C)c5cc(C68CC9CC(CC(C9)C6)C8)cc1c53)C(C)(C)CCC7(C)C)C(C)(C)CCC4(C)C)C(C)(C)CCC2(C)C. The zero-order valence-electron chi connectivity index (χ0n) is 52.8. The van der Waals surface area contributed by atoms with Crippen LogP contribution in [0.3, 0.4) is 0 Å². The summed E-state index contributed by atoms with van der Waals surface area (Å²) < 4.78 is 8.00. The molecule has 0 amide bonds. The molecule has 4 heteroatoms. The normalized spacial score (nSPS) is 28.3. The molecule has 6 aromatic rings. The number of aryl methyl sites for hydroxylation is 2. The fourth-order valence-corrected chi connectivity index (χ4v) is 19.8. The van der Waals surface area contributed by atoms with E-state index in [1.54, 1.807) is 11.1 Å². The standard InChI is InChI=1S/C76H95BN2O/c1-43-27-50-54(72(11,12)23-19-68(50,3)4)36-59(43)78-61-38-56-53(71(9,10)22-25-74(56,15)16)35-58(61)77-65-62(78)32-48(76-40-45-29-46(41-76)31-47(30-45)42-76)33-63(65)79(60-37-55-51(28-44(60)2)69(5,6)20-24-73(55,13)14)66-49-34-52-57(39-64(49)80-67(66)77)75(17,18)26-21-70(52,7)8/h27-28,32-39,45-47H,19-26,29-31,40-42H2,1-18H3. The number of benzene rings is 5. The first-order valence-electron chi connectivity index (χ1n) is 32.2. The van der Waals surface area contributed by atoms with Crippen molar-refractivity contribution in [3.05, 3.63) is 122 Å². The average molecular weight is 1060 g/mol. The minimum absolute atomic E-state index is 0.0297. The summed E-state index contributed by atoms with van der Waals surface area (Å²) in [4.78, 5) is 5.72. The Balaban J connectivity index is 1.12. The number of nitrogens with zero attached hydrogens (tertiary/aromatic N) is 2. The van der Waals surface area contributed by atoms with Crippen LogP contribution in [-0.4, -0.2) is 6.71 Å². The van der Waals surface area contributed by atoms with E-state index in [0.717, 1.165) is 29.0 Å². The number of hydrogen-bond donors (Lipinski definition) is 0. The third-order valence-corrected chi connectivity index (χ3v) is 25.1. The monoisotopic (exact) mass is 1060 g/mol. The van der Waals surface area contributed by atoms with Gasteiger partial charge in [-0.3, -0.25) is 0 Å². The predicted octanol–water partition coefficient (Wildman–Crippen LogP) is 19.0. The highest BCUT2D eigenvalue weighted by Gasteiger charge is 2.55. The highest BCUT2D eigenvalue weighted by Crippen LogP contribution is 2.63. The Labute approximate surface area is 482 Å². The second-order valence-electron chi connectivity index (χ2n) is 34.3. The lowest BCUT2D eigenvalue weighted by Crippen LogP contribution is -2.61. The van der Waals surface area contributed by atoms with Gasteiger partial charge in [-0.15, -0.1) is 0 Å². The van der Waals surface area contributed by atoms with Crippen molar-refractivity contribution in [1.29, 1.82) is 0 Å². The van der Waals surface area contributed by atoms with E-state index in [1.165, 1.54) is 190 Å². The average Bonchev–Trinajstić information content (AvgIpc) is 3.67. The predicted molar refractivity (Wildman–Crippen MR) is 341 cm³/mol. The van der Waals surface area contributed by atoms with E-state index in [9.17, 15) is 0 Å². The summed E-state index contributed by atoms with van der Waals surface area (Å²) in [5.74, 6) is 2.49. The van der Waals surface area contributed by atoms with E-state index in [-0.39, 0.29) is 55.4 Å². The Morgan fingerprint density at radius 2 is 0.738 bits per heavy atom. The van der Waals surface area contributed by atoms with Gasteiger partial charge in [0.25, 0.3) is 6.71 Å². The van der Waals surface area contributed by atoms with Crippen molar-refractivity contribution in [1.82, 2.24) is 0 Å². The fraction of sp³-hybridized carbons (Fsp3) is 0.579. The Morgan fingerprint density at radius 1 is 0.388 bits per heavy atom.